The van der Waals surface area contributed by atoms with Gasteiger partial charge in [-0.3, -0.25) is 9.59 Å². The molecule has 0 spiro atoms. The minimum atomic E-state index is -1.24. The van der Waals surface area contributed by atoms with E-state index in [1.807, 2.05) is 0 Å². The van der Waals surface area contributed by atoms with Crippen LogP contribution in [0.5, 0.6) is 0 Å². The van der Waals surface area contributed by atoms with Gasteiger partial charge in [-0.25, -0.2) is 0 Å². The van der Waals surface area contributed by atoms with Crippen molar-refractivity contribution in [2.75, 3.05) is 0 Å². The van der Waals surface area contributed by atoms with Gasteiger partial charge >= 0.3 is 80.9 Å². The Kier molecular flexibility index (Phi) is 53.2. The normalized spacial score (nSPS) is 11.9. The Bertz CT molecular complexity index is 817. The number of carbonyl (C=O) groups is 4. The van der Waals surface area contributed by atoms with Crippen LogP contribution >= 0.6 is 0 Å². The van der Waals surface area contributed by atoms with E-state index in [1.54, 1.807) is 0 Å². The molecule has 2 atom stereocenters. The predicted molar refractivity (Wildman–Crippen MR) is 204 cm³/mol. The molecule has 52 heavy (non-hydrogen) atoms. The molecule has 10 heteroatoms. The Balaban J connectivity index is -0.000000427. The van der Waals surface area contributed by atoms with Gasteiger partial charge in [0.2, 0.25) is 11.8 Å². The van der Waals surface area contributed by atoms with Crippen LogP contribution in [0.3, 0.4) is 0 Å². The summed E-state index contributed by atoms with van der Waals surface area (Å²) in [7, 11) is 0. The number of hydrogen-bond donors (Lipinski definition) is 2. The molecule has 0 rings (SSSR count). The largest absolute Gasteiger partial charge is 1.00 e. The summed E-state index contributed by atoms with van der Waals surface area (Å²) in [5.41, 5.74) is 0. The maximum Gasteiger partial charge on any atom is 1.00 e. The van der Waals surface area contributed by atoms with Crippen molar-refractivity contribution in [3.8, 4) is 0 Å². The van der Waals surface area contributed by atoms with E-state index >= 15 is 0 Å². The number of hydrogen-bond acceptors (Lipinski definition) is 6. The molecule has 2 amide bonds. The first-order valence-corrected chi connectivity index (χ1v) is 20.5. The first-order valence-electron chi connectivity index (χ1n) is 20.5. The van der Waals surface area contributed by atoms with Gasteiger partial charge in [-0.2, -0.15) is 0 Å². The Labute approximate surface area is 384 Å². The van der Waals surface area contributed by atoms with Crippen LogP contribution < -0.4 is 102 Å². The smallest absolute Gasteiger partial charge is 0.548 e. The SMILES string of the molecule is CCCCCCCC/C=C\CCCCCCCC(=O)NC(C)C(=O)[O-].CCCCCCCC/C=C\CCCCCCCC(=O)NC(C)C(=O)[O-].[K+].[Na+]. The van der Waals surface area contributed by atoms with Crippen LogP contribution in [0.1, 0.15) is 207 Å². The molecule has 0 saturated carbocycles. The van der Waals surface area contributed by atoms with Crippen molar-refractivity contribution < 1.29 is 110 Å². The number of nitrogens with one attached hydrogen (secondary N) is 2. The van der Waals surface area contributed by atoms with Crippen molar-refractivity contribution in [3.05, 3.63) is 24.3 Å². The number of amides is 2. The zero-order chi connectivity index (χ0) is 37.5. The Hall–Kier alpha value is -0.00364. The number of rotatable bonds is 34. The molecule has 2 unspecified atom stereocenters. The number of aliphatic carboxylic acids is 2. The zero-order valence-corrected chi connectivity index (χ0v) is 39.8. The van der Waals surface area contributed by atoms with E-state index in [1.165, 1.54) is 129 Å². The molecule has 8 nitrogen and oxygen atoms in total. The Morgan fingerprint density at radius 3 is 0.923 bits per heavy atom. The fourth-order valence-corrected chi connectivity index (χ4v) is 5.46. The molecule has 2 N–H and O–H groups in total. The summed E-state index contributed by atoms with van der Waals surface area (Å²) in [6.45, 7) is 7.35. The first kappa shape index (κ1) is 58.7. The summed E-state index contributed by atoms with van der Waals surface area (Å²) >= 11 is 0. The van der Waals surface area contributed by atoms with Crippen molar-refractivity contribution in [2.24, 2.45) is 0 Å². The molecular formula is C42H76KN2NaO6. The third kappa shape index (κ3) is 48.0. The van der Waals surface area contributed by atoms with E-state index in [4.69, 9.17) is 0 Å². The molecule has 0 saturated heterocycles. The molecular weight excluding hydrogens is 691 g/mol. The summed E-state index contributed by atoms with van der Waals surface area (Å²) in [4.78, 5) is 44.0. The van der Waals surface area contributed by atoms with Crippen LogP contribution in [0.25, 0.3) is 0 Å². The molecule has 0 radical (unpaired) electrons. The maximum atomic E-state index is 11.5. The number of carbonyl (C=O) groups excluding carboxylic acids is 4. The third-order valence-corrected chi connectivity index (χ3v) is 8.79. The molecule has 0 bridgehead atoms. The number of unbranched alkanes of at least 4 members (excludes halogenated alkanes) is 22. The van der Waals surface area contributed by atoms with Gasteiger partial charge in [0.15, 0.2) is 0 Å². The van der Waals surface area contributed by atoms with Crippen molar-refractivity contribution in [3.63, 3.8) is 0 Å². The van der Waals surface area contributed by atoms with E-state index in [0.717, 1.165) is 51.4 Å². The van der Waals surface area contributed by atoms with Crippen molar-refractivity contribution in [2.45, 2.75) is 220 Å². The number of carboxylic acid groups (broad SMARTS) is 2. The minimum Gasteiger partial charge on any atom is -0.548 e. The molecule has 0 aliphatic carbocycles. The molecule has 0 fully saturated rings. The average molecular weight is 767 g/mol. The van der Waals surface area contributed by atoms with Gasteiger partial charge in [-0.1, -0.05) is 141 Å². The molecule has 0 aromatic carbocycles. The molecule has 0 aromatic heterocycles. The summed E-state index contributed by atoms with van der Waals surface area (Å²) in [5.74, 6) is -2.88. The van der Waals surface area contributed by atoms with E-state index in [9.17, 15) is 29.4 Å². The van der Waals surface area contributed by atoms with Crippen molar-refractivity contribution in [1.29, 1.82) is 0 Å². The number of carboxylic acids is 2. The van der Waals surface area contributed by atoms with Gasteiger partial charge in [0.1, 0.15) is 0 Å². The Morgan fingerprint density at radius 1 is 0.442 bits per heavy atom. The Morgan fingerprint density at radius 2 is 0.673 bits per heavy atom. The number of allylic oxidation sites excluding steroid dienone is 4. The fourth-order valence-electron chi connectivity index (χ4n) is 5.46. The molecule has 0 aliphatic heterocycles. The van der Waals surface area contributed by atoms with Gasteiger partial charge in [0, 0.05) is 12.8 Å². The molecule has 0 aliphatic rings. The van der Waals surface area contributed by atoms with Crippen LogP contribution in [0.2, 0.25) is 0 Å². The first-order chi connectivity index (χ1) is 24.1. The van der Waals surface area contributed by atoms with Crippen LogP contribution in [0.4, 0.5) is 0 Å². The standard InChI is InChI=1S/2C21H39NO3.K.Na/c2*1-3-4-5-6-7-8-9-10-11-12-13-14-15-16-17-18-20(23)22-19(2)21(24)25;;/h2*10-11,19H,3-9,12-18H2,1-2H3,(H,22,23)(H,24,25);;/q;;2*+1/p-2/b2*11-10-;;. The summed E-state index contributed by atoms with van der Waals surface area (Å²) in [5, 5.41) is 25.9. The quantitative estimate of drug-likeness (QED) is 0.0587. The van der Waals surface area contributed by atoms with Crippen molar-refractivity contribution >= 4 is 23.8 Å². The van der Waals surface area contributed by atoms with Crippen molar-refractivity contribution in [1.82, 2.24) is 10.6 Å². The minimum absolute atomic E-state index is 0. The summed E-state index contributed by atoms with van der Waals surface area (Å²) < 4.78 is 0. The van der Waals surface area contributed by atoms with Crippen LogP contribution in [0, 0.1) is 0 Å². The summed E-state index contributed by atoms with van der Waals surface area (Å²) in [6.07, 6.45) is 41.8. The van der Waals surface area contributed by atoms with E-state index in [2.05, 4.69) is 48.8 Å². The molecule has 0 heterocycles. The average Bonchev–Trinajstić information content (AvgIpc) is 3.08. The van der Waals surface area contributed by atoms with Gasteiger partial charge in [-0.05, 0) is 78.1 Å². The fraction of sp³-hybridized carbons (Fsp3) is 0.810. The van der Waals surface area contributed by atoms with E-state index in [-0.39, 0.29) is 92.8 Å². The monoisotopic (exact) mass is 767 g/mol. The second-order valence-corrected chi connectivity index (χ2v) is 13.9. The zero-order valence-electron chi connectivity index (χ0n) is 34.7. The van der Waals surface area contributed by atoms with Crippen LogP contribution in [-0.4, -0.2) is 35.8 Å². The second kappa shape index (κ2) is 47.1. The van der Waals surface area contributed by atoms with Crippen LogP contribution in [-0.2, 0) is 19.2 Å². The van der Waals surface area contributed by atoms with E-state index in [0.29, 0.717) is 12.8 Å². The van der Waals surface area contributed by atoms with Gasteiger partial charge in [-0.15, -0.1) is 0 Å². The predicted octanol–water partition coefficient (Wildman–Crippen LogP) is 2.57. The summed E-state index contributed by atoms with van der Waals surface area (Å²) in [6, 6.07) is -1.81. The third-order valence-electron chi connectivity index (χ3n) is 8.79. The van der Waals surface area contributed by atoms with Crippen LogP contribution in [0.15, 0.2) is 24.3 Å². The molecule has 0 aromatic rings. The van der Waals surface area contributed by atoms with Gasteiger partial charge < -0.3 is 30.4 Å². The molecule has 292 valence electrons. The second-order valence-electron chi connectivity index (χ2n) is 13.9. The topological polar surface area (TPSA) is 138 Å². The van der Waals surface area contributed by atoms with Gasteiger partial charge in [0.05, 0.1) is 24.0 Å². The van der Waals surface area contributed by atoms with E-state index < -0.39 is 24.0 Å². The maximum absolute atomic E-state index is 11.5. The van der Waals surface area contributed by atoms with Gasteiger partial charge in [0.25, 0.3) is 0 Å².